The Hall–Kier alpha value is -1.04. The van der Waals surface area contributed by atoms with Crippen LogP contribution in [0.15, 0.2) is 6.07 Å². The van der Waals surface area contributed by atoms with Gasteiger partial charge in [0.2, 0.25) is 0 Å². The summed E-state index contributed by atoms with van der Waals surface area (Å²) in [7, 11) is 0. The highest BCUT2D eigenvalue weighted by atomic mass is 32.1. The fourth-order valence-electron chi connectivity index (χ4n) is 1.61. The highest BCUT2D eigenvalue weighted by Crippen LogP contribution is 2.24. The third-order valence-corrected chi connectivity index (χ3v) is 3.31. The van der Waals surface area contributed by atoms with E-state index in [-0.39, 0.29) is 0 Å². The van der Waals surface area contributed by atoms with Crippen LogP contribution in [-0.2, 0) is 6.42 Å². The van der Waals surface area contributed by atoms with E-state index < -0.39 is 18.6 Å². The lowest BCUT2D eigenvalue weighted by atomic mass is 10.0. The van der Waals surface area contributed by atoms with Gasteiger partial charge in [-0.2, -0.15) is 13.2 Å². The van der Waals surface area contributed by atoms with Crippen LogP contribution in [0.3, 0.4) is 0 Å². The Kier molecular flexibility index (Phi) is 4.78. The van der Waals surface area contributed by atoms with Gasteiger partial charge in [-0.05, 0) is 30.9 Å². The van der Waals surface area contributed by atoms with Gasteiger partial charge < -0.3 is 5.32 Å². The van der Waals surface area contributed by atoms with Crippen molar-refractivity contribution in [2.75, 3.05) is 6.54 Å². The van der Waals surface area contributed by atoms with E-state index in [2.05, 4.69) is 0 Å². The molecule has 6 heteroatoms. The molecule has 102 valence electrons. The van der Waals surface area contributed by atoms with Crippen molar-refractivity contribution in [2.24, 2.45) is 5.92 Å². The van der Waals surface area contributed by atoms with E-state index in [9.17, 15) is 18.0 Å². The third-order valence-electron chi connectivity index (χ3n) is 2.22. The summed E-state index contributed by atoms with van der Waals surface area (Å²) in [6.07, 6.45) is -3.68. The first-order valence-corrected chi connectivity index (χ1v) is 6.45. The number of alkyl halides is 3. The molecule has 18 heavy (non-hydrogen) atoms. The Balaban J connectivity index is 2.78. The number of hydrogen-bond acceptors (Lipinski definition) is 2. The minimum absolute atomic E-state index is 0.355. The molecule has 1 aromatic heterocycles. The molecule has 0 aliphatic heterocycles. The molecule has 0 aliphatic rings. The molecule has 1 N–H and O–H groups in total. The molecule has 1 heterocycles. The molecule has 0 saturated carbocycles. The van der Waals surface area contributed by atoms with Crippen molar-refractivity contribution < 1.29 is 18.0 Å². The Labute approximate surface area is 108 Å². The van der Waals surface area contributed by atoms with E-state index in [4.69, 9.17) is 0 Å². The summed E-state index contributed by atoms with van der Waals surface area (Å²) in [6.45, 7) is 4.56. The maximum atomic E-state index is 12.0. The first-order valence-electron chi connectivity index (χ1n) is 5.63. The minimum atomic E-state index is -4.37. The standard InChI is InChI=1S/C12H16F3NOS/c1-7(2)4-9-5-8(3)18-10(9)11(17)16-6-12(13,14)15/h5,7H,4,6H2,1-3H3,(H,16,17). The number of amides is 1. The topological polar surface area (TPSA) is 29.1 Å². The van der Waals surface area contributed by atoms with Crippen LogP contribution in [0.2, 0.25) is 0 Å². The van der Waals surface area contributed by atoms with Crippen molar-refractivity contribution in [3.8, 4) is 0 Å². The molecule has 0 aliphatic carbocycles. The second kappa shape index (κ2) is 5.73. The van der Waals surface area contributed by atoms with Crippen LogP contribution in [0.4, 0.5) is 13.2 Å². The molecule has 2 nitrogen and oxygen atoms in total. The fraction of sp³-hybridized carbons (Fsp3) is 0.583. The van der Waals surface area contributed by atoms with E-state index in [0.29, 0.717) is 17.2 Å². The van der Waals surface area contributed by atoms with E-state index >= 15 is 0 Å². The highest BCUT2D eigenvalue weighted by molar-refractivity contribution is 7.14. The van der Waals surface area contributed by atoms with E-state index in [1.54, 1.807) is 0 Å². The molecule has 1 rings (SSSR count). The number of carbonyl (C=O) groups excluding carboxylic acids is 1. The van der Waals surface area contributed by atoms with E-state index in [1.165, 1.54) is 11.3 Å². The van der Waals surface area contributed by atoms with Crippen LogP contribution in [0.25, 0.3) is 0 Å². The summed E-state index contributed by atoms with van der Waals surface area (Å²) in [4.78, 5) is 13.0. The summed E-state index contributed by atoms with van der Waals surface area (Å²) in [5.41, 5.74) is 0.826. The third kappa shape index (κ3) is 4.68. The van der Waals surface area contributed by atoms with Crippen molar-refractivity contribution in [2.45, 2.75) is 33.4 Å². The largest absolute Gasteiger partial charge is 0.405 e. The molecule has 1 aromatic rings. The number of carbonyl (C=O) groups is 1. The lowest BCUT2D eigenvalue weighted by molar-refractivity contribution is -0.123. The van der Waals surface area contributed by atoms with Crippen LogP contribution in [0.1, 0.15) is 34.0 Å². The predicted octanol–water partition coefficient (Wildman–Crippen LogP) is 3.55. The Morgan fingerprint density at radius 1 is 1.44 bits per heavy atom. The molecule has 0 aromatic carbocycles. The highest BCUT2D eigenvalue weighted by Gasteiger charge is 2.28. The summed E-state index contributed by atoms with van der Waals surface area (Å²) in [5.74, 6) is -0.283. The van der Waals surface area contributed by atoms with Crippen molar-refractivity contribution in [3.05, 3.63) is 21.4 Å². The van der Waals surface area contributed by atoms with Gasteiger partial charge >= 0.3 is 6.18 Å². The molecular formula is C12H16F3NOS. The van der Waals surface area contributed by atoms with Gasteiger partial charge in [-0.3, -0.25) is 4.79 Å². The van der Waals surface area contributed by atoms with E-state index in [0.717, 1.165) is 10.4 Å². The van der Waals surface area contributed by atoms with Crippen molar-refractivity contribution >= 4 is 17.2 Å². The quantitative estimate of drug-likeness (QED) is 0.897. The van der Waals surface area contributed by atoms with Gasteiger partial charge in [0.15, 0.2) is 0 Å². The van der Waals surface area contributed by atoms with Gasteiger partial charge in [0.05, 0.1) is 4.88 Å². The zero-order chi connectivity index (χ0) is 13.9. The first kappa shape index (κ1) is 15.0. The predicted molar refractivity (Wildman–Crippen MR) is 66.0 cm³/mol. The monoisotopic (exact) mass is 279 g/mol. The number of aryl methyl sites for hydroxylation is 1. The number of thiophene rings is 1. The molecule has 0 radical (unpaired) electrons. The Morgan fingerprint density at radius 2 is 2.06 bits per heavy atom. The fourth-order valence-corrected chi connectivity index (χ4v) is 2.57. The molecule has 0 spiro atoms. The molecular weight excluding hydrogens is 263 g/mol. The lowest BCUT2D eigenvalue weighted by Gasteiger charge is -2.09. The Morgan fingerprint density at radius 3 is 2.56 bits per heavy atom. The van der Waals surface area contributed by atoms with Crippen molar-refractivity contribution in [3.63, 3.8) is 0 Å². The van der Waals surface area contributed by atoms with Gasteiger partial charge in [-0.15, -0.1) is 11.3 Å². The molecule has 1 amide bonds. The van der Waals surface area contributed by atoms with Gasteiger partial charge in [0.25, 0.3) is 5.91 Å². The van der Waals surface area contributed by atoms with Crippen LogP contribution in [0, 0.1) is 12.8 Å². The Bertz CT molecular complexity index is 423. The van der Waals surface area contributed by atoms with Crippen LogP contribution >= 0.6 is 11.3 Å². The second-order valence-electron chi connectivity index (χ2n) is 4.61. The maximum absolute atomic E-state index is 12.0. The summed E-state index contributed by atoms with van der Waals surface area (Å²) >= 11 is 1.24. The minimum Gasteiger partial charge on any atom is -0.342 e. The normalized spacial score (nSPS) is 11.9. The summed E-state index contributed by atoms with van der Waals surface area (Å²) in [6, 6.07) is 1.87. The van der Waals surface area contributed by atoms with Gasteiger partial charge in [0.1, 0.15) is 6.54 Å². The number of rotatable bonds is 4. The van der Waals surface area contributed by atoms with Gasteiger partial charge in [-0.1, -0.05) is 13.8 Å². The van der Waals surface area contributed by atoms with Gasteiger partial charge in [-0.25, -0.2) is 0 Å². The number of halogens is 3. The maximum Gasteiger partial charge on any atom is 0.405 e. The summed E-state index contributed by atoms with van der Waals surface area (Å²) in [5, 5.41) is 1.91. The second-order valence-corrected chi connectivity index (χ2v) is 5.86. The van der Waals surface area contributed by atoms with Crippen LogP contribution in [0.5, 0.6) is 0 Å². The molecule has 0 unspecified atom stereocenters. The average Bonchev–Trinajstić information content (AvgIpc) is 2.53. The van der Waals surface area contributed by atoms with Gasteiger partial charge in [0, 0.05) is 4.88 Å². The van der Waals surface area contributed by atoms with Crippen LogP contribution in [-0.4, -0.2) is 18.6 Å². The molecule has 0 bridgehead atoms. The smallest absolute Gasteiger partial charge is 0.342 e. The first-order chi connectivity index (χ1) is 8.19. The average molecular weight is 279 g/mol. The number of hydrogen-bond donors (Lipinski definition) is 1. The molecule has 0 fully saturated rings. The molecule has 0 saturated heterocycles. The SMILES string of the molecule is Cc1cc(CC(C)C)c(C(=O)NCC(F)(F)F)s1. The van der Waals surface area contributed by atoms with E-state index in [1.807, 2.05) is 32.2 Å². The zero-order valence-corrected chi connectivity index (χ0v) is 11.3. The van der Waals surface area contributed by atoms with Crippen molar-refractivity contribution in [1.29, 1.82) is 0 Å². The van der Waals surface area contributed by atoms with Crippen molar-refractivity contribution in [1.82, 2.24) is 5.32 Å². The zero-order valence-electron chi connectivity index (χ0n) is 10.5. The number of nitrogens with one attached hydrogen (secondary N) is 1. The molecule has 0 atom stereocenters. The summed E-state index contributed by atoms with van der Waals surface area (Å²) < 4.78 is 36.1. The van der Waals surface area contributed by atoms with Crippen LogP contribution < -0.4 is 5.32 Å². The lowest BCUT2D eigenvalue weighted by Crippen LogP contribution is -2.33.